The molecule has 2 heterocycles. The summed E-state index contributed by atoms with van der Waals surface area (Å²) < 4.78 is 19.8. The molecule has 1 saturated heterocycles. The van der Waals surface area contributed by atoms with Crippen LogP contribution in [-0.4, -0.2) is 35.0 Å². The molecule has 0 saturated carbocycles. The van der Waals surface area contributed by atoms with Crippen molar-refractivity contribution in [2.24, 2.45) is 5.92 Å². The first-order valence-electron chi connectivity index (χ1n) is 10.9. The van der Waals surface area contributed by atoms with Gasteiger partial charge in [-0.15, -0.1) is 0 Å². The normalized spacial score (nSPS) is 17.6. The lowest BCUT2D eigenvalue weighted by molar-refractivity contribution is -0.139. The van der Waals surface area contributed by atoms with E-state index in [0.29, 0.717) is 11.7 Å². The molecule has 1 aromatic heterocycles. The lowest BCUT2D eigenvalue weighted by atomic mass is 9.93. The minimum Gasteiger partial charge on any atom is -0.481 e. The van der Waals surface area contributed by atoms with Gasteiger partial charge in [0.1, 0.15) is 11.6 Å². The van der Waals surface area contributed by atoms with Crippen LogP contribution in [0.25, 0.3) is 22.0 Å². The maximum atomic E-state index is 13.8. The average Bonchev–Trinajstić information content (AvgIpc) is 2.72. The number of likely N-dealkylation sites (tertiary alicyclic amines) is 1. The van der Waals surface area contributed by atoms with Crippen molar-refractivity contribution in [2.75, 3.05) is 13.1 Å². The Kier molecular flexibility index (Phi) is 5.94. The van der Waals surface area contributed by atoms with E-state index < -0.39 is 6.10 Å². The van der Waals surface area contributed by atoms with Gasteiger partial charge in [0, 0.05) is 30.7 Å². The van der Waals surface area contributed by atoms with Crippen LogP contribution in [0.2, 0.25) is 0 Å². The summed E-state index contributed by atoms with van der Waals surface area (Å²) in [7, 11) is 0. The summed E-state index contributed by atoms with van der Waals surface area (Å²) in [5.74, 6) is 0.961. The molecule has 1 fully saturated rings. The van der Waals surface area contributed by atoms with Gasteiger partial charge in [0.15, 0.2) is 6.10 Å². The van der Waals surface area contributed by atoms with E-state index in [1.807, 2.05) is 43.0 Å². The summed E-state index contributed by atoms with van der Waals surface area (Å²) in [4.78, 5) is 19.2. The molecule has 3 aromatic rings. The third kappa shape index (κ3) is 4.41. The Hall–Kier alpha value is -2.95. The highest BCUT2D eigenvalue weighted by Gasteiger charge is 2.26. The molecule has 5 heteroatoms. The molecule has 0 radical (unpaired) electrons. The second-order valence-corrected chi connectivity index (χ2v) is 8.74. The van der Waals surface area contributed by atoms with Gasteiger partial charge in [-0.05, 0) is 92.1 Å². The average molecular weight is 421 g/mol. The highest BCUT2D eigenvalue weighted by Crippen LogP contribution is 2.34. The molecule has 1 aliphatic rings. The first kappa shape index (κ1) is 21.3. The van der Waals surface area contributed by atoms with E-state index in [1.165, 1.54) is 6.42 Å². The highest BCUT2D eigenvalue weighted by molar-refractivity contribution is 5.96. The number of fused-ring (bicyclic) bond motifs is 1. The smallest absolute Gasteiger partial charge is 0.263 e. The van der Waals surface area contributed by atoms with E-state index in [4.69, 9.17) is 4.74 Å². The van der Waals surface area contributed by atoms with Crippen molar-refractivity contribution >= 4 is 16.8 Å². The fourth-order valence-electron chi connectivity index (χ4n) is 4.66. The third-order valence-corrected chi connectivity index (χ3v) is 6.11. The first-order chi connectivity index (χ1) is 14.8. The zero-order valence-electron chi connectivity index (χ0n) is 18.6. The summed E-state index contributed by atoms with van der Waals surface area (Å²) >= 11 is 0. The van der Waals surface area contributed by atoms with Crippen LogP contribution in [-0.2, 0) is 4.79 Å². The number of aromatic nitrogens is 1. The number of hydrogen-bond acceptors (Lipinski definition) is 3. The zero-order chi connectivity index (χ0) is 22.1. The molecule has 1 amide bonds. The Bertz CT molecular complexity index is 1100. The Morgan fingerprint density at radius 3 is 2.65 bits per heavy atom. The van der Waals surface area contributed by atoms with Crippen LogP contribution in [0.4, 0.5) is 4.39 Å². The molecular formula is C26H29FN2O2. The van der Waals surface area contributed by atoms with Crippen LogP contribution in [0.5, 0.6) is 5.75 Å². The molecular weight excluding hydrogens is 391 g/mol. The molecule has 0 bridgehead atoms. The van der Waals surface area contributed by atoms with Crippen molar-refractivity contribution in [3.63, 3.8) is 0 Å². The lowest BCUT2D eigenvalue weighted by Crippen LogP contribution is -2.45. The van der Waals surface area contributed by atoms with Crippen molar-refractivity contribution in [1.82, 2.24) is 9.88 Å². The molecule has 4 nitrogen and oxygen atoms in total. The first-order valence-corrected chi connectivity index (χ1v) is 10.9. The lowest BCUT2D eigenvalue weighted by Gasteiger charge is -2.32. The van der Waals surface area contributed by atoms with Crippen LogP contribution >= 0.6 is 0 Å². The number of carbonyl (C=O) groups is 1. The van der Waals surface area contributed by atoms with Gasteiger partial charge in [0.2, 0.25) is 0 Å². The van der Waals surface area contributed by atoms with Crippen molar-refractivity contribution in [3.8, 4) is 16.9 Å². The number of piperidine rings is 1. The highest BCUT2D eigenvalue weighted by atomic mass is 19.1. The van der Waals surface area contributed by atoms with Crippen molar-refractivity contribution in [3.05, 3.63) is 59.5 Å². The third-order valence-electron chi connectivity index (χ3n) is 6.11. The minimum absolute atomic E-state index is 0.0333. The monoisotopic (exact) mass is 420 g/mol. The van der Waals surface area contributed by atoms with Crippen LogP contribution in [0.1, 0.15) is 37.8 Å². The number of hydrogen-bond donors (Lipinski definition) is 0. The van der Waals surface area contributed by atoms with Crippen molar-refractivity contribution in [1.29, 1.82) is 0 Å². The molecule has 0 aliphatic carbocycles. The number of halogens is 1. The molecule has 0 unspecified atom stereocenters. The molecule has 2 aromatic carbocycles. The Labute approximate surface area is 183 Å². The number of amides is 1. The summed E-state index contributed by atoms with van der Waals surface area (Å²) in [6.45, 7) is 9.43. The summed E-state index contributed by atoms with van der Waals surface area (Å²) in [6.07, 6.45) is 3.43. The summed E-state index contributed by atoms with van der Waals surface area (Å²) in [5.41, 5.74) is 4.59. The minimum atomic E-state index is -0.549. The molecule has 162 valence electrons. The predicted molar refractivity (Wildman–Crippen MR) is 122 cm³/mol. The molecule has 0 N–H and O–H groups in total. The van der Waals surface area contributed by atoms with Gasteiger partial charge < -0.3 is 9.64 Å². The molecule has 4 rings (SSSR count). The predicted octanol–water partition coefficient (Wildman–Crippen LogP) is 5.68. The van der Waals surface area contributed by atoms with Crippen LogP contribution in [0.3, 0.4) is 0 Å². The van der Waals surface area contributed by atoms with Crippen LogP contribution in [0, 0.1) is 25.6 Å². The van der Waals surface area contributed by atoms with Crippen molar-refractivity contribution in [2.45, 2.75) is 46.6 Å². The number of nitrogens with zero attached hydrogens (tertiary/aromatic N) is 2. The van der Waals surface area contributed by atoms with Gasteiger partial charge in [0.25, 0.3) is 5.91 Å². The number of carbonyl (C=O) groups excluding carboxylic acids is 1. The van der Waals surface area contributed by atoms with Gasteiger partial charge in [-0.1, -0.05) is 6.92 Å². The van der Waals surface area contributed by atoms with Gasteiger partial charge in [0.05, 0.1) is 5.52 Å². The molecule has 0 spiro atoms. The van der Waals surface area contributed by atoms with E-state index in [9.17, 15) is 9.18 Å². The number of aryl methyl sites for hydroxylation is 2. The van der Waals surface area contributed by atoms with E-state index in [-0.39, 0.29) is 11.7 Å². The SMILES string of the molecule is Cc1cc(F)cc(C)c1-c1ccnc2cc(O[C@H](C)C(=O)N3CCC[C@@H](C)C3)ccc12. The maximum absolute atomic E-state index is 13.8. The van der Waals surface area contributed by atoms with Gasteiger partial charge in [-0.3, -0.25) is 9.78 Å². The van der Waals surface area contributed by atoms with E-state index in [0.717, 1.165) is 52.7 Å². The summed E-state index contributed by atoms with van der Waals surface area (Å²) in [6, 6.07) is 10.8. The quantitative estimate of drug-likeness (QED) is 0.545. The van der Waals surface area contributed by atoms with E-state index in [2.05, 4.69) is 11.9 Å². The fourth-order valence-corrected chi connectivity index (χ4v) is 4.66. The van der Waals surface area contributed by atoms with Gasteiger partial charge in [-0.2, -0.15) is 0 Å². The number of benzene rings is 2. The van der Waals surface area contributed by atoms with E-state index >= 15 is 0 Å². The largest absolute Gasteiger partial charge is 0.481 e. The topological polar surface area (TPSA) is 42.4 Å². The fraction of sp³-hybridized carbons (Fsp3) is 0.385. The molecule has 2 atom stereocenters. The Morgan fingerprint density at radius 2 is 1.94 bits per heavy atom. The molecule has 31 heavy (non-hydrogen) atoms. The van der Waals surface area contributed by atoms with E-state index in [1.54, 1.807) is 25.3 Å². The van der Waals surface area contributed by atoms with Crippen molar-refractivity contribution < 1.29 is 13.9 Å². The van der Waals surface area contributed by atoms with Gasteiger partial charge >= 0.3 is 0 Å². The molecule has 1 aliphatic heterocycles. The zero-order valence-corrected chi connectivity index (χ0v) is 18.6. The maximum Gasteiger partial charge on any atom is 0.263 e. The second-order valence-electron chi connectivity index (χ2n) is 8.74. The second kappa shape index (κ2) is 8.66. The Balaban J connectivity index is 1.60. The number of pyridine rings is 1. The van der Waals surface area contributed by atoms with Crippen LogP contribution in [0.15, 0.2) is 42.6 Å². The number of rotatable bonds is 4. The van der Waals surface area contributed by atoms with Gasteiger partial charge in [-0.25, -0.2) is 4.39 Å². The number of ether oxygens (including phenoxy) is 1. The summed E-state index contributed by atoms with van der Waals surface area (Å²) in [5, 5.41) is 0.969. The Morgan fingerprint density at radius 1 is 1.19 bits per heavy atom. The standard InChI is InChI=1S/C26H29FN2O2/c1-16-6-5-11-29(15-16)26(30)19(4)31-21-7-8-22-23(9-10-28-24(22)14-21)25-17(2)12-20(27)13-18(25)3/h7-10,12-14,16,19H,5-6,11,15H2,1-4H3/t16-,19-/m1/s1. The van der Waals surface area contributed by atoms with Crippen LogP contribution < -0.4 is 4.74 Å².